The fourth-order valence-electron chi connectivity index (χ4n) is 5.67. The highest BCUT2D eigenvalue weighted by Gasteiger charge is 2.64. The van der Waals surface area contributed by atoms with E-state index in [0.29, 0.717) is 5.69 Å². The van der Waals surface area contributed by atoms with Gasteiger partial charge in [0.2, 0.25) is 17.7 Å². The number of para-hydroxylation sites is 1. The number of carbonyl (C=O) groups is 3. The Hall–Kier alpha value is -4.40. The van der Waals surface area contributed by atoms with E-state index in [-0.39, 0.29) is 5.69 Å². The maximum atomic E-state index is 13.8. The maximum absolute atomic E-state index is 13.8. The minimum Gasteiger partial charge on any atom is -0.357 e. The minimum absolute atomic E-state index is 0.160. The van der Waals surface area contributed by atoms with Crippen LogP contribution in [0.15, 0.2) is 85.1 Å². The van der Waals surface area contributed by atoms with Gasteiger partial charge in [0.1, 0.15) is 6.04 Å². The van der Waals surface area contributed by atoms with Gasteiger partial charge in [0.25, 0.3) is 0 Å². The van der Waals surface area contributed by atoms with Crippen molar-refractivity contribution in [3.63, 3.8) is 0 Å². The van der Waals surface area contributed by atoms with Crippen LogP contribution in [0, 0.1) is 11.8 Å². The van der Waals surface area contributed by atoms with Crippen molar-refractivity contribution in [2.45, 2.75) is 18.3 Å². The minimum atomic E-state index is -4.64. The van der Waals surface area contributed by atoms with E-state index in [1.54, 1.807) is 41.4 Å². The predicted molar refractivity (Wildman–Crippen MR) is 130 cm³/mol. The van der Waals surface area contributed by atoms with Gasteiger partial charge in [0, 0.05) is 11.9 Å². The molecule has 37 heavy (non-hydrogen) atoms. The monoisotopic (exact) mass is 503 g/mol. The van der Waals surface area contributed by atoms with Crippen LogP contribution in [0.1, 0.15) is 22.7 Å². The Morgan fingerprint density at radius 1 is 0.838 bits per heavy atom. The third-order valence-electron chi connectivity index (χ3n) is 7.20. The quantitative estimate of drug-likeness (QED) is 0.519. The van der Waals surface area contributed by atoms with Gasteiger partial charge in [-0.05, 0) is 47.5 Å². The number of carbonyl (C=O) groups excluding carboxylic acids is 3. The van der Waals surface area contributed by atoms with E-state index in [1.165, 1.54) is 6.07 Å². The van der Waals surface area contributed by atoms with Gasteiger partial charge in [-0.3, -0.25) is 14.4 Å². The van der Waals surface area contributed by atoms with Crippen LogP contribution < -0.4 is 10.2 Å². The van der Waals surface area contributed by atoms with Gasteiger partial charge >= 0.3 is 6.18 Å². The van der Waals surface area contributed by atoms with Gasteiger partial charge in [-0.25, -0.2) is 4.90 Å². The lowest BCUT2D eigenvalue weighted by Crippen LogP contribution is -2.46. The molecule has 3 heterocycles. The summed E-state index contributed by atoms with van der Waals surface area (Å²) in [7, 11) is 0. The number of hydrogen-bond acceptors (Lipinski definition) is 4. The van der Waals surface area contributed by atoms with Crippen molar-refractivity contribution >= 4 is 35.2 Å². The molecule has 9 heteroatoms. The Kier molecular flexibility index (Phi) is 5.18. The number of benzene rings is 3. The Bertz CT molecular complexity index is 1450. The van der Waals surface area contributed by atoms with Crippen molar-refractivity contribution in [1.29, 1.82) is 0 Å². The molecule has 0 aliphatic carbocycles. The fourth-order valence-corrected chi connectivity index (χ4v) is 5.67. The zero-order valence-electron chi connectivity index (χ0n) is 19.2. The second-order valence-electron chi connectivity index (χ2n) is 9.25. The van der Waals surface area contributed by atoms with Crippen LogP contribution in [0.4, 0.5) is 24.5 Å². The number of amides is 3. The van der Waals surface area contributed by atoms with E-state index >= 15 is 0 Å². The molecule has 2 saturated heterocycles. The smallest absolute Gasteiger partial charge is 0.357 e. The Morgan fingerprint density at radius 2 is 1.54 bits per heavy atom. The summed E-state index contributed by atoms with van der Waals surface area (Å²) in [4.78, 5) is 43.7. The van der Waals surface area contributed by atoms with E-state index in [0.717, 1.165) is 34.2 Å². The van der Waals surface area contributed by atoms with Gasteiger partial charge in [0.15, 0.2) is 0 Å². The van der Waals surface area contributed by atoms with Gasteiger partial charge < -0.3 is 10.2 Å². The maximum Gasteiger partial charge on any atom is 0.416 e. The Morgan fingerprint density at radius 3 is 2.30 bits per heavy atom. The molecular weight excluding hydrogens is 483 g/mol. The van der Waals surface area contributed by atoms with Crippen LogP contribution in [-0.4, -0.2) is 28.7 Å². The molecule has 0 unspecified atom stereocenters. The van der Waals surface area contributed by atoms with E-state index in [2.05, 4.69) is 5.32 Å². The van der Waals surface area contributed by atoms with Crippen LogP contribution in [0.25, 0.3) is 6.08 Å². The molecule has 186 valence electrons. The number of fused-ring (bicyclic) bond motifs is 5. The number of hydrogen-bond donors (Lipinski definition) is 1. The second-order valence-corrected chi connectivity index (χ2v) is 9.25. The third-order valence-corrected chi connectivity index (χ3v) is 7.20. The van der Waals surface area contributed by atoms with Crippen LogP contribution in [0.2, 0.25) is 0 Å². The molecule has 0 aromatic heterocycles. The summed E-state index contributed by atoms with van der Waals surface area (Å²) in [5.41, 5.74) is 1.04. The van der Waals surface area contributed by atoms with Crippen LogP contribution in [0.3, 0.4) is 0 Å². The molecule has 3 aromatic carbocycles. The molecule has 3 amide bonds. The molecule has 3 aliphatic rings. The third kappa shape index (κ3) is 3.61. The van der Waals surface area contributed by atoms with Crippen molar-refractivity contribution in [3.8, 4) is 0 Å². The van der Waals surface area contributed by atoms with Crippen molar-refractivity contribution in [3.05, 3.63) is 102 Å². The van der Waals surface area contributed by atoms with Crippen molar-refractivity contribution < 1.29 is 27.6 Å². The first kappa shape index (κ1) is 23.0. The molecule has 3 aliphatic heterocycles. The molecule has 1 N–H and O–H groups in total. The average Bonchev–Trinajstić information content (AvgIpc) is 3.36. The molecule has 0 saturated carbocycles. The molecule has 4 atom stereocenters. The van der Waals surface area contributed by atoms with Gasteiger partial charge in [-0.15, -0.1) is 0 Å². The normalized spacial score (nSPS) is 24.1. The van der Waals surface area contributed by atoms with Crippen molar-refractivity contribution in [1.82, 2.24) is 4.90 Å². The molecule has 6 nitrogen and oxygen atoms in total. The topological polar surface area (TPSA) is 69.7 Å². The number of anilines is 2. The Balaban J connectivity index is 1.44. The van der Waals surface area contributed by atoms with Crippen LogP contribution in [0.5, 0.6) is 0 Å². The predicted octanol–water partition coefficient (Wildman–Crippen LogP) is 4.86. The number of imide groups is 1. The molecule has 2 fully saturated rings. The highest BCUT2D eigenvalue weighted by atomic mass is 19.4. The second kappa shape index (κ2) is 8.33. The average molecular weight is 503 g/mol. The molecular formula is C28H20F3N3O3. The van der Waals surface area contributed by atoms with E-state index < -0.39 is 53.4 Å². The summed E-state index contributed by atoms with van der Waals surface area (Å²) in [6.07, 6.45) is -1.09. The highest BCUT2D eigenvalue weighted by Crippen LogP contribution is 2.53. The van der Waals surface area contributed by atoms with Crippen molar-refractivity contribution in [2.75, 3.05) is 10.2 Å². The molecule has 0 radical (unpaired) electrons. The summed E-state index contributed by atoms with van der Waals surface area (Å²) < 4.78 is 40.2. The molecule has 3 aromatic rings. The summed E-state index contributed by atoms with van der Waals surface area (Å²) in [6.45, 7) is 0. The van der Waals surface area contributed by atoms with Gasteiger partial charge in [-0.1, -0.05) is 48.5 Å². The van der Waals surface area contributed by atoms with Crippen LogP contribution >= 0.6 is 0 Å². The zero-order chi connectivity index (χ0) is 25.9. The van der Waals surface area contributed by atoms with E-state index in [1.807, 2.05) is 30.3 Å². The lowest BCUT2D eigenvalue weighted by molar-refractivity contribution is -0.137. The van der Waals surface area contributed by atoms with Gasteiger partial charge in [0.05, 0.1) is 29.1 Å². The summed E-state index contributed by atoms with van der Waals surface area (Å²) >= 11 is 0. The first-order valence-electron chi connectivity index (χ1n) is 11.7. The summed E-state index contributed by atoms with van der Waals surface area (Å²) in [5, 5.41) is 2.83. The summed E-state index contributed by atoms with van der Waals surface area (Å²) in [5.74, 6) is -3.81. The van der Waals surface area contributed by atoms with Crippen molar-refractivity contribution in [2.24, 2.45) is 11.8 Å². The SMILES string of the molecule is O=C(Nc1ccccc1)[C@@H]1[C@@H]2C(=O)N(c3cccc(C(F)(F)F)c3)C(=O)[C@@H]2[C@H]2c3ccccc3C=CN12. The lowest BCUT2D eigenvalue weighted by Gasteiger charge is -2.35. The standard InChI is InChI=1S/C28H20F3N3O3/c29-28(30,31)17-8-6-11-19(15-17)34-26(36)21-22(27(34)37)24(25(35)32-18-9-2-1-3-10-18)33-14-13-16-7-4-5-12-20(16)23(21)33/h1-15,21-24H,(H,32,35)/t21-,22+,23+,24-/m0/s1. The largest absolute Gasteiger partial charge is 0.416 e. The Labute approximate surface area is 210 Å². The molecule has 0 spiro atoms. The fraction of sp³-hybridized carbons (Fsp3) is 0.179. The number of halogens is 3. The lowest BCUT2D eigenvalue weighted by atomic mass is 9.84. The highest BCUT2D eigenvalue weighted by molar-refractivity contribution is 6.24. The molecule has 0 bridgehead atoms. The van der Waals surface area contributed by atoms with Crippen LogP contribution in [-0.2, 0) is 20.6 Å². The molecule has 6 rings (SSSR count). The first-order chi connectivity index (χ1) is 17.8. The number of rotatable bonds is 3. The first-order valence-corrected chi connectivity index (χ1v) is 11.7. The van der Waals surface area contributed by atoms with Gasteiger partial charge in [-0.2, -0.15) is 13.2 Å². The van der Waals surface area contributed by atoms with E-state index in [4.69, 9.17) is 0 Å². The zero-order valence-corrected chi connectivity index (χ0v) is 19.2. The van der Waals surface area contributed by atoms with E-state index in [9.17, 15) is 27.6 Å². The summed E-state index contributed by atoms with van der Waals surface area (Å²) in [6, 6.07) is 18.6. The number of nitrogens with one attached hydrogen (secondary N) is 1. The number of alkyl halides is 3. The number of nitrogens with zero attached hydrogens (tertiary/aromatic N) is 2.